The third-order valence-corrected chi connectivity index (χ3v) is 4.74. The Morgan fingerprint density at radius 2 is 2.39 bits per heavy atom. The Labute approximate surface area is 112 Å². The maximum Gasteiger partial charge on any atom is 0.259 e. The molecule has 5 nitrogen and oxygen atoms in total. The Balaban J connectivity index is 2.01. The van der Waals surface area contributed by atoms with Gasteiger partial charge in [0.25, 0.3) is 10.0 Å². The molecule has 0 bridgehead atoms. The van der Waals surface area contributed by atoms with E-state index in [0.29, 0.717) is 12.5 Å². The predicted octanol–water partition coefficient (Wildman–Crippen LogP) is 1.01. The number of piperidine rings is 1. The first-order valence-electron chi connectivity index (χ1n) is 5.90. The number of hydrogen-bond acceptors (Lipinski definition) is 4. The summed E-state index contributed by atoms with van der Waals surface area (Å²) in [4.78, 5) is 3.82. The van der Waals surface area contributed by atoms with Crippen LogP contribution in [0.25, 0.3) is 0 Å². The summed E-state index contributed by atoms with van der Waals surface area (Å²) in [6.45, 7) is 2.27. The molecule has 18 heavy (non-hydrogen) atoms. The number of hydrogen-bond donors (Lipinski definition) is 2. The molecule has 1 aliphatic heterocycles. The van der Waals surface area contributed by atoms with E-state index in [1.54, 1.807) is 6.07 Å². The lowest BCUT2D eigenvalue weighted by Crippen LogP contribution is -2.38. The highest BCUT2D eigenvalue weighted by Crippen LogP contribution is 2.18. The van der Waals surface area contributed by atoms with Gasteiger partial charge in [-0.25, -0.2) is 18.1 Å². The van der Waals surface area contributed by atoms with E-state index in [1.165, 1.54) is 12.3 Å². The molecule has 1 aliphatic rings. The van der Waals surface area contributed by atoms with Gasteiger partial charge in [-0.3, -0.25) is 0 Å². The monoisotopic (exact) mass is 289 g/mol. The summed E-state index contributed by atoms with van der Waals surface area (Å²) in [5.74, 6) is 0.330. The van der Waals surface area contributed by atoms with Gasteiger partial charge in [0.05, 0.1) is 5.02 Å². The second-order valence-electron chi connectivity index (χ2n) is 4.35. The van der Waals surface area contributed by atoms with Crippen molar-refractivity contribution in [2.45, 2.75) is 17.9 Å². The van der Waals surface area contributed by atoms with Crippen molar-refractivity contribution in [2.75, 3.05) is 19.6 Å². The predicted molar refractivity (Wildman–Crippen MR) is 70.0 cm³/mol. The number of aromatic nitrogens is 1. The Hall–Kier alpha value is -0.690. The zero-order valence-corrected chi connectivity index (χ0v) is 11.5. The Kier molecular flexibility index (Phi) is 4.55. The zero-order chi connectivity index (χ0) is 13.0. The van der Waals surface area contributed by atoms with E-state index < -0.39 is 10.0 Å². The van der Waals surface area contributed by atoms with Crippen LogP contribution in [0.15, 0.2) is 23.4 Å². The second-order valence-corrected chi connectivity index (χ2v) is 6.44. The molecule has 1 saturated heterocycles. The molecule has 1 unspecified atom stereocenters. The summed E-state index contributed by atoms with van der Waals surface area (Å²) < 4.78 is 26.6. The van der Waals surface area contributed by atoms with Crippen LogP contribution in [0.1, 0.15) is 12.8 Å². The maximum absolute atomic E-state index is 12.0. The molecule has 1 aromatic heterocycles. The van der Waals surface area contributed by atoms with Crippen molar-refractivity contribution < 1.29 is 8.42 Å². The van der Waals surface area contributed by atoms with Gasteiger partial charge in [0.2, 0.25) is 0 Å². The van der Waals surface area contributed by atoms with Crippen LogP contribution in [0.4, 0.5) is 0 Å². The first-order valence-corrected chi connectivity index (χ1v) is 7.76. The summed E-state index contributed by atoms with van der Waals surface area (Å²) >= 11 is 5.84. The topological polar surface area (TPSA) is 71.1 Å². The minimum absolute atomic E-state index is 0.101. The lowest BCUT2D eigenvalue weighted by atomic mass is 10.0. The van der Waals surface area contributed by atoms with Crippen LogP contribution in [-0.2, 0) is 10.0 Å². The van der Waals surface area contributed by atoms with Crippen molar-refractivity contribution in [3.63, 3.8) is 0 Å². The van der Waals surface area contributed by atoms with E-state index >= 15 is 0 Å². The largest absolute Gasteiger partial charge is 0.316 e. The van der Waals surface area contributed by atoms with Crippen LogP contribution in [0, 0.1) is 5.92 Å². The minimum Gasteiger partial charge on any atom is -0.316 e. The fourth-order valence-corrected chi connectivity index (χ4v) is 3.51. The van der Waals surface area contributed by atoms with Gasteiger partial charge < -0.3 is 5.32 Å². The third kappa shape index (κ3) is 3.41. The van der Waals surface area contributed by atoms with Gasteiger partial charge in [-0.05, 0) is 44.0 Å². The number of rotatable bonds is 4. The molecule has 0 aliphatic carbocycles. The normalized spacial score (nSPS) is 20.8. The second kappa shape index (κ2) is 5.97. The SMILES string of the molecule is O=S(=O)(NCC1CCCNC1)c1ncccc1Cl. The van der Waals surface area contributed by atoms with Gasteiger partial charge in [-0.15, -0.1) is 0 Å². The standard InChI is InChI=1S/C11H16ClN3O2S/c12-10-4-2-6-14-11(10)18(16,17)15-8-9-3-1-5-13-7-9/h2,4,6,9,13,15H,1,3,5,7-8H2. The van der Waals surface area contributed by atoms with E-state index in [1.807, 2.05) is 0 Å². The molecule has 0 aromatic carbocycles. The quantitative estimate of drug-likeness (QED) is 0.868. The van der Waals surface area contributed by atoms with E-state index in [2.05, 4.69) is 15.0 Å². The number of pyridine rings is 1. The van der Waals surface area contributed by atoms with E-state index in [0.717, 1.165) is 25.9 Å². The summed E-state index contributed by atoms with van der Waals surface area (Å²) in [5.41, 5.74) is 0. The molecule has 0 saturated carbocycles. The smallest absolute Gasteiger partial charge is 0.259 e. The summed E-state index contributed by atoms with van der Waals surface area (Å²) in [5, 5.41) is 3.29. The molecule has 100 valence electrons. The van der Waals surface area contributed by atoms with Gasteiger partial charge >= 0.3 is 0 Å². The third-order valence-electron chi connectivity index (χ3n) is 2.94. The lowest BCUT2D eigenvalue weighted by molar-refractivity contribution is 0.375. The molecule has 0 radical (unpaired) electrons. The number of sulfonamides is 1. The highest BCUT2D eigenvalue weighted by atomic mass is 35.5. The van der Waals surface area contributed by atoms with E-state index in [4.69, 9.17) is 11.6 Å². The molecule has 2 N–H and O–H groups in total. The number of halogens is 1. The van der Waals surface area contributed by atoms with E-state index in [-0.39, 0.29) is 10.0 Å². The Bertz CT molecular complexity index is 501. The van der Waals surface area contributed by atoms with Gasteiger partial charge in [0, 0.05) is 12.7 Å². The molecule has 0 amide bonds. The van der Waals surface area contributed by atoms with Gasteiger partial charge in [-0.1, -0.05) is 11.6 Å². The van der Waals surface area contributed by atoms with Crippen LogP contribution >= 0.6 is 11.6 Å². The number of nitrogens with zero attached hydrogens (tertiary/aromatic N) is 1. The Morgan fingerprint density at radius 3 is 3.06 bits per heavy atom. The summed E-state index contributed by atoms with van der Waals surface area (Å²) in [6, 6.07) is 3.12. The van der Waals surface area contributed by atoms with Crippen molar-refractivity contribution in [3.05, 3.63) is 23.4 Å². The van der Waals surface area contributed by atoms with E-state index in [9.17, 15) is 8.42 Å². The Morgan fingerprint density at radius 1 is 1.56 bits per heavy atom. The molecule has 0 spiro atoms. The zero-order valence-electron chi connectivity index (χ0n) is 9.89. The molecular formula is C11H16ClN3O2S. The maximum atomic E-state index is 12.0. The first kappa shape index (κ1) is 13.7. The summed E-state index contributed by atoms with van der Waals surface area (Å²) in [7, 11) is -3.61. The fraction of sp³-hybridized carbons (Fsp3) is 0.545. The van der Waals surface area contributed by atoms with Crippen LogP contribution in [-0.4, -0.2) is 33.0 Å². The molecule has 2 rings (SSSR count). The van der Waals surface area contributed by atoms with Crippen molar-refractivity contribution in [1.82, 2.24) is 15.0 Å². The summed E-state index contributed by atoms with van der Waals surface area (Å²) in [6.07, 6.45) is 3.53. The average molecular weight is 290 g/mol. The van der Waals surface area contributed by atoms with Gasteiger partial charge in [0.15, 0.2) is 5.03 Å². The van der Waals surface area contributed by atoms with Gasteiger partial charge in [0.1, 0.15) is 0 Å². The van der Waals surface area contributed by atoms with Crippen LogP contribution in [0.3, 0.4) is 0 Å². The average Bonchev–Trinajstić information content (AvgIpc) is 2.38. The molecule has 2 heterocycles. The molecular weight excluding hydrogens is 274 g/mol. The van der Waals surface area contributed by atoms with Gasteiger partial charge in [-0.2, -0.15) is 0 Å². The van der Waals surface area contributed by atoms with Crippen LogP contribution in [0.5, 0.6) is 0 Å². The minimum atomic E-state index is -3.61. The lowest BCUT2D eigenvalue weighted by Gasteiger charge is -2.22. The highest BCUT2D eigenvalue weighted by Gasteiger charge is 2.21. The number of nitrogens with one attached hydrogen (secondary N) is 2. The van der Waals surface area contributed by atoms with Crippen LogP contribution in [0.2, 0.25) is 5.02 Å². The van der Waals surface area contributed by atoms with Crippen LogP contribution < -0.4 is 10.0 Å². The van der Waals surface area contributed by atoms with Crippen molar-refractivity contribution >= 4 is 21.6 Å². The van der Waals surface area contributed by atoms with Crippen molar-refractivity contribution in [3.8, 4) is 0 Å². The molecule has 1 atom stereocenters. The molecule has 1 fully saturated rings. The van der Waals surface area contributed by atoms with Crippen molar-refractivity contribution in [1.29, 1.82) is 0 Å². The first-order chi connectivity index (χ1) is 8.59. The fourth-order valence-electron chi connectivity index (χ4n) is 1.96. The molecule has 1 aromatic rings. The van der Waals surface area contributed by atoms with Crippen molar-refractivity contribution in [2.24, 2.45) is 5.92 Å². The highest BCUT2D eigenvalue weighted by molar-refractivity contribution is 7.89. The molecule has 7 heteroatoms.